The second kappa shape index (κ2) is 6.36. The van der Waals surface area contributed by atoms with Crippen molar-refractivity contribution in [1.82, 2.24) is 0 Å². The molecule has 0 radical (unpaired) electrons. The quantitative estimate of drug-likeness (QED) is 0.693. The normalized spacial score (nSPS) is 9.47. The number of carboxylic acid groups (broad SMARTS) is 1. The van der Waals surface area contributed by atoms with Crippen LogP contribution in [-0.2, 0) is 0 Å². The van der Waals surface area contributed by atoms with Gasteiger partial charge in [-0.3, -0.25) is 0 Å². The van der Waals surface area contributed by atoms with E-state index in [2.05, 4.69) is 0 Å². The first-order valence-corrected chi connectivity index (χ1v) is 5.99. The summed E-state index contributed by atoms with van der Waals surface area (Å²) in [5, 5.41) is 8.81. The Morgan fingerprint density at radius 3 is 2.21 bits per heavy atom. The van der Waals surface area contributed by atoms with Gasteiger partial charge in [-0.25, -0.2) is 23.0 Å². The van der Waals surface area contributed by atoms with E-state index in [1.807, 2.05) is 60.7 Å². The average molecular weight is 250 g/mol. The van der Waals surface area contributed by atoms with Crippen LogP contribution in [0.2, 0.25) is 0 Å². The summed E-state index contributed by atoms with van der Waals surface area (Å²) in [6, 6.07) is 24.7. The molecule has 96 valence electrons. The van der Waals surface area contributed by atoms with Crippen molar-refractivity contribution < 1.29 is 9.90 Å². The fraction of sp³-hybridized carbons (Fsp3) is 0. The molecule has 0 fully saturated rings. The zero-order chi connectivity index (χ0) is 13.5. The van der Waals surface area contributed by atoms with Crippen molar-refractivity contribution in [3.8, 4) is 11.1 Å². The maximum Gasteiger partial charge on any atom is 0.335 e. The van der Waals surface area contributed by atoms with Crippen LogP contribution in [0, 0.1) is 0 Å². The molecule has 1 N–H and O–H groups in total. The SMILES string of the molecule is O=C(O)c1cccc(-c2cc[cH-]c2)c1.c1cc[cH-]c1. The third-order valence-electron chi connectivity index (χ3n) is 2.66. The van der Waals surface area contributed by atoms with Crippen LogP contribution in [0.5, 0.6) is 0 Å². The first-order chi connectivity index (χ1) is 9.27. The minimum atomic E-state index is -0.890. The summed E-state index contributed by atoms with van der Waals surface area (Å²) >= 11 is 0. The van der Waals surface area contributed by atoms with Gasteiger partial charge >= 0.3 is 5.97 Å². The van der Waals surface area contributed by atoms with Gasteiger partial charge in [-0.2, -0.15) is 42.0 Å². The van der Waals surface area contributed by atoms with Gasteiger partial charge in [0.25, 0.3) is 0 Å². The first kappa shape index (κ1) is 12.8. The molecule has 0 heterocycles. The molecule has 0 aromatic heterocycles. The molecule has 2 nitrogen and oxygen atoms in total. The van der Waals surface area contributed by atoms with E-state index in [-0.39, 0.29) is 0 Å². The van der Waals surface area contributed by atoms with E-state index in [4.69, 9.17) is 5.11 Å². The Labute approximate surface area is 112 Å². The fourth-order valence-corrected chi connectivity index (χ4v) is 1.72. The predicted molar refractivity (Wildman–Crippen MR) is 76.5 cm³/mol. The Balaban J connectivity index is 0.000000224. The molecule has 3 aromatic carbocycles. The molecule has 19 heavy (non-hydrogen) atoms. The minimum absolute atomic E-state index is 0.323. The van der Waals surface area contributed by atoms with Crippen molar-refractivity contribution in [3.05, 3.63) is 84.4 Å². The Hall–Kier alpha value is -2.61. The Morgan fingerprint density at radius 1 is 0.895 bits per heavy atom. The molecule has 0 saturated carbocycles. The fourth-order valence-electron chi connectivity index (χ4n) is 1.72. The van der Waals surface area contributed by atoms with E-state index in [0.717, 1.165) is 11.1 Å². The molecule has 0 aliphatic rings. The summed E-state index contributed by atoms with van der Waals surface area (Å²) in [5.74, 6) is -0.890. The summed E-state index contributed by atoms with van der Waals surface area (Å²) in [7, 11) is 0. The van der Waals surface area contributed by atoms with Gasteiger partial charge in [-0.15, -0.1) is 0 Å². The highest BCUT2D eigenvalue weighted by molar-refractivity contribution is 5.89. The van der Waals surface area contributed by atoms with Crippen LogP contribution in [-0.4, -0.2) is 11.1 Å². The maximum atomic E-state index is 10.7. The molecule has 2 heteroatoms. The number of carboxylic acids is 1. The highest BCUT2D eigenvalue weighted by atomic mass is 16.4. The average Bonchev–Trinajstić information content (AvgIpc) is 3.15. The lowest BCUT2D eigenvalue weighted by Gasteiger charge is -2.05. The maximum absolute atomic E-state index is 10.7. The Morgan fingerprint density at radius 2 is 1.68 bits per heavy atom. The van der Waals surface area contributed by atoms with Crippen molar-refractivity contribution in [1.29, 1.82) is 0 Å². The van der Waals surface area contributed by atoms with E-state index >= 15 is 0 Å². The molecule has 3 rings (SSSR count). The van der Waals surface area contributed by atoms with E-state index in [1.54, 1.807) is 18.2 Å². The number of benzene rings is 1. The first-order valence-electron chi connectivity index (χ1n) is 5.99. The van der Waals surface area contributed by atoms with Crippen molar-refractivity contribution in [2.24, 2.45) is 0 Å². The molecular weight excluding hydrogens is 236 g/mol. The lowest BCUT2D eigenvalue weighted by atomic mass is 10.1. The van der Waals surface area contributed by atoms with Crippen molar-refractivity contribution in [3.63, 3.8) is 0 Å². The van der Waals surface area contributed by atoms with Crippen molar-refractivity contribution in [2.75, 3.05) is 0 Å². The van der Waals surface area contributed by atoms with Gasteiger partial charge in [0.2, 0.25) is 0 Å². The monoisotopic (exact) mass is 250 g/mol. The van der Waals surface area contributed by atoms with Crippen LogP contribution in [0.4, 0.5) is 0 Å². The summed E-state index contributed by atoms with van der Waals surface area (Å²) in [4.78, 5) is 10.7. The molecule has 0 atom stereocenters. The van der Waals surface area contributed by atoms with E-state index in [1.165, 1.54) is 0 Å². The lowest BCUT2D eigenvalue weighted by Crippen LogP contribution is -1.95. The van der Waals surface area contributed by atoms with Gasteiger partial charge in [-0.1, -0.05) is 23.8 Å². The Kier molecular flexibility index (Phi) is 4.29. The van der Waals surface area contributed by atoms with Gasteiger partial charge < -0.3 is 5.11 Å². The highest BCUT2D eigenvalue weighted by Gasteiger charge is 2.01. The van der Waals surface area contributed by atoms with Gasteiger partial charge in [-0.05, 0) is 6.07 Å². The molecule has 0 unspecified atom stereocenters. The largest absolute Gasteiger partial charge is 0.478 e. The van der Waals surface area contributed by atoms with E-state index < -0.39 is 5.97 Å². The zero-order valence-electron chi connectivity index (χ0n) is 10.4. The van der Waals surface area contributed by atoms with Crippen LogP contribution < -0.4 is 0 Å². The van der Waals surface area contributed by atoms with Gasteiger partial charge in [0.1, 0.15) is 0 Å². The summed E-state index contributed by atoms with van der Waals surface area (Å²) in [5.41, 5.74) is 2.31. The standard InChI is InChI=1S/C12H9O2.C5H5/c13-12(14)11-7-3-6-10(8-11)9-4-1-2-5-9;1-2-4-5-3-1/h1-8H,(H,13,14);1-5H/q2*-1. The summed E-state index contributed by atoms with van der Waals surface area (Å²) in [6.07, 6.45) is 0. The molecule has 0 saturated heterocycles. The Bertz CT molecular complexity index is 587. The van der Waals surface area contributed by atoms with Crippen LogP contribution in [0.1, 0.15) is 10.4 Å². The minimum Gasteiger partial charge on any atom is -0.478 e. The molecule has 0 aliphatic heterocycles. The lowest BCUT2D eigenvalue weighted by molar-refractivity contribution is 0.0697. The van der Waals surface area contributed by atoms with Crippen LogP contribution in [0.15, 0.2) is 78.9 Å². The van der Waals surface area contributed by atoms with E-state index in [9.17, 15) is 4.79 Å². The van der Waals surface area contributed by atoms with Gasteiger partial charge in [0, 0.05) is 0 Å². The molecular formula is C17H14O2-2. The van der Waals surface area contributed by atoms with E-state index in [0.29, 0.717) is 5.56 Å². The smallest absolute Gasteiger partial charge is 0.335 e. The second-order valence-corrected chi connectivity index (χ2v) is 4.02. The topological polar surface area (TPSA) is 37.3 Å². The molecule has 0 bridgehead atoms. The second-order valence-electron chi connectivity index (χ2n) is 4.02. The number of rotatable bonds is 2. The van der Waals surface area contributed by atoms with Crippen molar-refractivity contribution >= 4 is 5.97 Å². The number of hydrogen-bond acceptors (Lipinski definition) is 1. The van der Waals surface area contributed by atoms with Crippen LogP contribution in [0.25, 0.3) is 11.1 Å². The predicted octanol–water partition coefficient (Wildman–Crippen LogP) is 4.18. The summed E-state index contributed by atoms with van der Waals surface area (Å²) < 4.78 is 0. The molecule has 0 spiro atoms. The highest BCUT2D eigenvalue weighted by Crippen LogP contribution is 2.20. The zero-order valence-corrected chi connectivity index (χ0v) is 10.4. The number of hydrogen-bond donors (Lipinski definition) is 1. The van der Waals surface area contributed by atoms with Crippen LogP contribution in [0.3, 0.4) is 0 Å². The van der Waals surface area contributed by atoms with Crippen molar-refractivity contribution in [2.45, 2.75) is 0 Å². The third-order valence-corrected chi connectivity index (χ3v) is 2.66. The van der Waals surface area contributed by atoms with Crippen LogP contribution >= 0.6 is 0 Å². The third kappa shape index (κ3) is 3.68. The summed E-state index contributed by atoms with van der Waals surface area (Å²) in [6.45, 7) is 0. The number of carbonyl (C=O) groups is 1. The molecule has 3 aromatic rings. The molecule has 0 amide bonds. The number of aromatic carboxylic acids is 1. The van der Waals surface area contributed by atoms with Gasteiger partial charge in [0.05, 0.1) is 5.56 Å². The van der Waals surface area contributed by atoms with Gasteiger partial charge in [0.15, 0.2) is 0 Å². The molecule has 0 aliphatic carbocycles.